The summed E-state index contributed by atoms with van der Waals surface area (Å²) in [7, 11) is -1.76. The smallest absolute Gasteiger partial charge is 0.252 e. The van der Waals surface area contributed by atoms with Gasteiger partial charge in [0.25, 0.3) is 10.0 Å². The quantitative estimate of drug-likeness (QED) is 0.755. The number of rotatable bonds is 7. The third-order valence-electron chi connectivity index (χ3n) is 3.74. The molecule has 0 spiro atoms. The van der Waals surface area contributed by atoms with Crippen LogP contribution < -0.4 is 5.32 Å². The summed E-state index contributed by atoms with van der Waals surface area (Å²) in [5.74, 6) is -0.0818. The Morgan fingerprint density at radius 2 is 2.18 bits per heavy atom. The van der Waals surface area contributed by atoms with E-state index in [1.54, 1.807) is 24.6 Å². The molecule has 0 radical (unpaired) electrons. The fraction of sp³-hybridized carbons (Fsp3) is 0.643. The Morgan fingerprint density at radius 1 is 1.45 bits per heavy atom. The molecule has 1 saturated heterocycles. The molecule has 2 rings (SSSR count). The van der Waals surface area contributed by atoms with Crippen LogP contribution in [0.1, 0.15) is 19.3 Å². The van der Waals surface area contributed by atoms with Crippen molar-refractivity contribution in [3.05, 3.63) is 17.5 Å². The van der Waals surface area contributed by atoms with Gasteiger partial charge in [-0.05, 0) is 30.7 Å². The predicted molar refractivity (Wildman–Crippen MR) is 85.3 cm³/mol. The van der Waals surface area contributed by atoms with Gasteiger partial charge in [0.05, 0.1) is 0 Å². The zero-order chi connectivity index (χ0) is 16.0. The van der Waals surface area contributed by atoms with Crippen LogP contribution in [0.3, 0.4) is 0 Å². The number of hydrogen-bond donors (Lipinski definition) is 1. The number of thiophene rings is 1. The normalized spacial score (nSPS) is 17.5. The molecule has 2 heterocycles. The third-order valence-corrected chi connectivity index (χ3v) is 7.01. The maximum Gasteiger partial charge on any atom is 0.252 e. The monoisotopic (exact) mass is 346 g/mol. The number of nitrogens with zero attached hydrogens (tertiary/aromatic N) is 1. The van der Waals surface area contributed by atoms with Crippen LogP contribution in [-0.2, 0) is 19.6 Å². The van der Waals surface area contributed by atoms with Gasteiger partial charge in [-0.15, -0.1) is 11.3 Å². The topological polar surface area (TPSA) is 75.7 Å². The van der Waals surface area contributed by atoms with Gasteiger partial charge < -0.3 is 10.1 Å². The number of piperidine rings is 1. The average molecular weight is 346 g/mol. The molecule has 1 aliphatic heterocycles. The number of amides is 1. The second kappa shape index (κ2) is 8.05. The van der Waals surface area contributed by atoms with Crippen LogP contribution in [-0.4, -0.2) is 52.0 Å². The first-order valence-corrected chi connectivity index (χ1v) is 9.68. The minimum absolute atomic E-state index is 0.0178. The number of hydrogen-bond acceptors (Lipinski definition) is 5. The minimum atomic E-state index is -3.39. The van der Waals surface area contributed by atoms with E-state index >= 15 is 0 Å². The predicted octanol–water partition coefficient (Wildman–Crippen LogP) is 1.30. The van der Waals surface area contributed by atoms with Crippen molar-refractivity contribution in [1.82, 2.24) is 9.62 Å². The average Bonchev–Trinajstić information content (AvgIpc) is 3.07. The first-order chi connectivity index (χ1) is 10.6. The van der Waals surface area contributed by atoms with E-state index in [4.69, 9.17) is 4.74 Å². The molecule has 124 valence electrons. The van der Waals surface area contributed by atoms with Crippen molar-refractivity contribution in [2.75, 3.05) is 33.4 Å². The SMILES string of the molecule is COCCCNC(=O)C1CCN(S(=O)(=O)c2cccs2)CC1. The first kappa shape index (κ1) is 17.4. The number of sulfonamides is 1. The standard InChI is InChI=1S/C14H22N2O4S2/c1-20-10-3-7-15-14(17)12-5-8-16(9-6-12)22(18,19)13-4-2-11-21-13/h2,4,11-12H,3,5-10H2,1H3,(H,15,17). The van der Waals surface area contributed by atoms with Gasteiger partial charge in [0, 0.05) is 39.3 Å². The lowest BCUT2D eigenvalue weighted by Crippen LogP contribution is -2.43. The summed E-state index contributed by atoms with van der Waals surface area (Å²) in [6.07, 6.45) is 1.93. The Balaban J connectivity index is 1.82. The summed E-state index contributed by atoms with van der Waals surface area (Å²) in [4.78, 5) is 12.0. The van der Waals surface area contributed by atoms with Crippen molar-refractivity contribution >= 4 is 27.3 Å². The highest BCUT2D eigenvalue weighted by atomic mass is 32.2. The molecule has 22 heavy (non-hydrogen) atoms. The van der Waals surface area contributed by atoms with Crippen molar-refractivity contribution in [1.29, 1.82) is 0 Å². The molecular weight excluding hydrogens is 324 g/mol. The van der Waals surface area contributed by atoms with E-state index in [1.807, 2.05) is 0 Å². The zero-order valence-corrected chi connectivity index (χ0v) is 14.3. The van der Waals surface area contributed by atoms with Gasteiger partial charge in [0.2, 0.25) is 5.91 Å². The van der Waals surface area contributed by atoms with Gasteiger partial charge in [0.1, 0.15) is 4.21 Å². The highest BCUT2D eigenvalue weighted by Gasteiger charge is 2.32. The summed E-state index contributed by atoms with van der Waals surface area (Å²) in [6, 6.07) is 3.35. The van der Waals surface area contributed by atoms with Gasteiger partial charge in [-0.3, -0.25) is 4.79 Å². The molecule has 1 N–H and O–H groups in total. The summed E-state index contributed by atoms with van der Waals surface area (Å²) in [6.45, 7) is 2.02. The number of carbonyl (C=O) groups excluding carboxylic acids is 1. The minimum Gasteiger partial charge on any atom is -0.385 e. The van der Waals surface area contributed by atoms with Crippen molar-refractivity contribution < 1.29 is 17.9 Å². The van der Waals surface area contributed by atoms with Gasteiger partial charge in [-0.2, -0.15) is 4.31 Å². The molecule has 0 aromatic carbocycles. The van der Waals surface area contributed by atoms with E-state index in [2.05, 4.69) is 5.32 Å². The lowest BCUT2D eigenvalue weighted by molar-refractivity contribution is -0.126. The van der Waals surface area contributed by atoms with Crippen LogP contribution in [0, 0.1) is 5.92 Å². The van der Waals surface area contributed by atoms with Crippen LogP contribution in [0.15, 0.2) is 21.7 Å². The van der Waals surface area contributed by atoms with E-state index in [1.165, 1.54) is 15.6 Å². The van der Waals surface area contributed by atoms with E-state index in [0.717, 1.165) is 6.42 Å². The zero-order valence-electron chi connectivity index (χ0n) is 12.7. The number of ether oxygens (including phenoxy) is 1. The number of nitrogens with one attached hydrogen (secondary N) is 1. The van der Waals surface area contributed by atoms with Crippen molar-refractivity contribution in [2.24, 2.45) is 5.92 Å². The highest BCUT2D eigenvalue weighted by molar-refractivity contribution is 7.91. The van der Waals surface area contributed by atoms with E-state index in [-0.39, 0.29) is 11.8 Å². The molecule has 1 aromatic heterocycles. The largest absolute Gasteiger partial charge is 0.385 e. The second-order valence-corrected chi connectivity index (χ2v) is 8.36. The molecule has 6 nitrogen and oxygen atoms in total. The van der Waals surface area contributed by atoms with Crippen molar-refractivity contribution in [3.8, 4) is 0 Å². The van der Waals surface area contributed by atoms with Crippen molar-refractivity contribution in [2.45, 2.75) is 23.5 Å². The Hall–Kier alpha value is -0.960. The fourth-order valence-electron chi connectivity index (χ4n) is 2.47. The molecule has 1 aliphatic rings. The Bertz CT molecular complexity index is 564. The van der Waals surface area contributed by atoms with Gasteiger partial charge in [-0.25, -0.2) is 8.42 Å². The Labute approximate surface area is 135 Å². The van der Waals surface area contributed by atoms with Gasteiger partial charge in [0.15, 0.2) is 0 Å². The lowest BCUT2D eigenvalue weighted by atomic mass is 9.97. The second-order valence-electron chi connectivity index (χ2n) is 5.25. The van der Waals surface area contributed by atoms with Crippen molar-refractivity contribution in [3.63, 3.8) is 0 Å². The van der Waals surface area contributed by atoms with Gasteiger partial charge >= 0.3 is 0 Å². The molecule has 0 bridgehead atoms. The van der Waals surface area contributed by atoms with Crippen LogP contribution in [0.2, 0.25) is 0 Å². The van der Waals surface area contributed by atoms with Gasteiger partial charge in [-0.1, -0.05) is 6.07 Å². The molecule has 0 atom stereocenters. The third kappa shape index (κ3) is 4.28. The molecule has 1 amide bonds. The molecule has 0 unspecified atom stereocenters. The van der Waals surface area contributed by atoms with Crippen LogP contribution >= 0.6 is 11.3 Å². The summed E-state index contributed by atoms with van der Waals surface area (Å²) in [5.41, 5.74) is 0. The van der Waals surface area contributed by atoms with Crippen LogP contribution in [0.5, 0.6) is 0 Å². The molecule has 1 fully saturated rings. The van der Waals surface area contributed by atoms with Crippen LogP contribution in [0.25, 0.3) is 0 Å². The van der Waals surface area contributed by atoms with E-state index < -0.39 is 10.0 Å². The van der Waals surface area contributed by atoms with Crippen LogP contribution in [0.4, 0.5) is 0 Å². The molecular formula is C14H22N2O4S2. The molecule has 8 heteroatoms. The summed E-state index contributed by atoms with van der Waals surface area (Å²) in [5, 5.41) is 4.64. The highest BCUT2D eigenvalue weighted by Crippen LogP contribution is 2.26. The maximum absolute atomic E-state index is 12.4. The number of methoxy groups -OCH3 is 1. The molecule has 1 aromatic rings. The summed E-state index contributed by atoms with van der Waals surface area (Å²) >= 11 is 1.23. The Morgan fingerprint density at radius 3 is 2.77 bits per heavy atom. The first-order valence-electron chi connectivity index (χ1n) is 7.36. The lowest BCUT2D eigenvalue weighted by Gasteiger charge is -2.30. The van der Waals surface area contributed by atoms with E-state index in [9.17, 15) is 13.2 Å². The molecule has 0 aliphatic carbocycles. The fourth-order valence-corrected chi connectivity index (χ4v) is 5.08. The Kier molecular flexibility index (Phi) is 6.37. The van der Waals surface area contributed by atoms with E-state index in [0.29, 0.717) is 43.3 Å². The molecule has 0 saturated carbocycles. The summed E-state index contributed by atoms with van der Waals surface area (Å²) < 4.78 is 31.6. The maximum atomic E-state index is 12.4. The number of carbonyl (C=O) groups is 1.